The molecular weight excluding hydrogens is 349 g/mol. The third-order valence-electron chi connectivity index (χ3n) is 3.56. The summed E-state index contributed by atoms with van der Waals surface area (Å²) >= 11 is 0. The monoisotopic (exact) mass is 363 g/mol. The maximum atomic E-state index is 11.7. The number of carbonyl (C=O) groups is 1. The van der Waals surface area contributed by atoms with Gasteiger partial charge in [-0.15, -0.1) is 0 Å². The average molecular weight is 363 g/mol. The average Bonchev–Trinajstić information content (AvgIpc) is 3.00. The van der Waals surface area contributed by atoms with E-state index in [1.165, 1.54) is 11.2 Å². The van der Waals surface area contributed by atoms with Gasteiger partial charge in [-0.05, 0) is 0 Å². The number of guanidine groups is 1. The predicted octanol–water partition coefficient (Wildman–Crippen LogP) is -3.49. The number of nitrogens with two attached hydrogens (primary N) is 1. The molecule has 6 N–H and O–H groups in total. The molecule has 0 aromatic heterocycles. The van der Waals surface area contributed by atoms with Crippen molar-refractivity contribution in [2.75, 3.05) is 6.61 Å². The molecule has 0 aliphatic carbocycles. The second-order valence-corrected chi connectivity index (χ2v) is 6.42. The zero-order chi connectivity index (χ0) is 17.6. The molecule has 5 unspecified atom stereocenters. The lowest BCUT2D eigenvalue weighted by Crippen LogP contribution is -2.49. The Morgan fingerprint density at radius 3 is 2.71 bits per heavy atom. The molecule has 0 aromatic rings. The smallest absolute Gasteiger partial charge is 0.387 e. The Bertz CT molecular complexity index is 689. The fourth-order valence-corrected chi connectivity index (χ4v) is 2.82. The number of hydrogen-bond acceptors (Lipinski definition) is 10. The van der Waals surface area contributed by atoms with Gasteiger partial charge in [-0.1, -0.05) is 0 Å². The zero-order valence-electron chi connectivity index (χ0n) is 11.9. The predicted molar refractivity (Wildman–Crippen MR) is 76.9 cm³/mol. The van der Waals surface area contributed by atoms with Crippen molar-refractivity contribution in [3.63, 3.8) is 0 Å². The summed E-state index contributed by atoms with van der Waals surface area (Å²) in [4.78, 5) is 41.6. The Balaban J connectivity index is 1.76. The molecule has 0 spiro atoms. The molecule has 132 valence electrons. The number of aliphatic imine (C=N–C) groups is 3. The van der Waals surface area contributed by atoms with Crippen molar-refractivity contribution in [1.82, 2.24) is 4.90 Å². The molecule has 3 aliphatic rings. The summed E-state index contributed by atoms with van der Waals surface area (Å²) in [6, 6.07) is -1.02. The number of fused-ring (bicyclic) bond motifs is 1. The van der Waals surface area contributed by atoms with Crippen LogP contribution in [-0.4, -0.2) is 86.1 Å². The quantitative estimate of drug-likeness (QED) is 0.312. The Labute approximate surface area is 134 Å². The second-order valence-electron chi connectivity index (χ2n) is 5.19. The molecule has 5 atom stereocenters. The number of phosphoric acid groups is 1. The fraction of sp³-hybridized carbons (Fsp3) is 0.600. The first-order valence-electron chi connectivity index (χ1n) is 6.67. The number of rotatable bonds is 4. The standard InChI is InChI=1S/C10H14N5O8P/c11-10-13-7-4(8(18)14-10)12-2-15(7)9-6(17)5(16)3(23-9)1-22-24(19,20)21/h2-6,9,16-17H,1H2,(H2,11,14,18)(H2,19,20,21). The van der Waals surface area contributed by atoms with Gasteiger partial charge in [-0.2, -0.15) is 9.98 Å². The van der Waals surface area contributed by atoms with Crippen LogP contribution in [0.25, 0.3) is 0 Å². The summed E-state index contributed by atoms with van der Waals surface area (Å²) in [5.41, 5.74) is 5.43. The second kappa shape index (κ2) is 5.97. The van der Waals surface area contributed by atoms with Gasteiger partial charge in [0.1, 0.15) is 18.3 Å². The molecule has 14 heteroatoms. The molecule has 1 fully saturated rings. The topological polar surface area (TPSA) is 200 Å². The largest absolute Gasteiger partial charge is 0.469 e. The van der Waals surface area contributed by atoms with E-state index in [0.717, 1.165) is 0 Å². The summed E-state index contributed by atoms with van der Waals surface area (Å²) in [5, 5.41) is 20.1. The molecule has 1 saturated heterocycles. The van der Waals surface area contributed by atoms with Crippen molar-refractivity contribution in [2.24, 2.45) is 20.7 Å². The maximum Gasteiger partial charge on any atom is 0.469 e. The first kappa shape index (κ1) is 17.1. The van der Waals surface area contributed by atoms with Crippen LogP contribution < -0.4 is 5.73 Å². The highest BCUT2D eigenvalue weighted by Gasteiger charge is 2.50. The molecule has 1 amide bonds. The number of aliphatic hydroxyl groups excluding tert-OH is 2. The summed E-state index contributed by atoms with van der Waals surface area (Å²) in [5.74, 6) is -0.845. The van der Waals surface area contributed by atoms with E-state index in [1.807, 2.05) is 0 Å². The normalized spacial score (nSPS) is 35.9. The number of hydrogen-bond donors (Lipinski definition) is 5. The maximum absolute atomic E-state index is 11.7. The van der Waals surface area contributed by atoms with E-state index in [-0.39, 0.29) is 11.8 Å². The minimum Gasteiger partial charge on any atom is -0.387 e. The van der Waals surface area contributed by atoms with Crippen LogP contribution in [-0.2, 0) is 18.6 Å². The Morgan fingerprint density at radius 1 is 1.33 bits per heavy atom. The van der Waals surface area contributed by atoms with E-state index in [1.54, 1.807) is 0 Å². The highest BCUT2D eigenvalue weighted by atomic mass is 31.2. The van der Waals surface area contributed by atoms with Gasteiger partial charge in [0.15, 0.2) is 18.1 Å². The van der Waals surface area contributed by atoms with Gasteiger partial charge < -0.3 is 30.5 Å². The minimum absolute atomic E-state index is 0.0697. The number of amides is 1. The highest BCUT2D eigenvalue weighted by Crippen LogP contribution is 2.37. The van der Waals surface area contributed by atoms with Gasteiger partial charge in [-0.3, -0.25) is 19.2 Å². The summed E-state index contributed by atoms with van der Waals surface area (Å²) in [6.45, 7) is -0.650. The molecule has 13 nitrogen and oxygen atoms in total. The van der Waals surface area contributed by atoms with Gasteiger partial charge >= 0.3 is 7.82 Å². The molecule has 0 aromatic carbocycles. The summed E-state index contributed by atoms with van der Waals surface area (Å²) < 4.78 is 20.4. The van der Waals surface area contributed by atoms with Crippen molar-refractivity contribution < 1.29 is 38.6 Å². The van der Waals surface area contributed by atoms with E-state index in [4.69, 9.17) is 20.3 Å². The SMILES string of the molecule is NC1=NC(=O)C2N=CN(C3OC(COP(=O)(O)O)C(O)C3O)C2=N1. The van der Waals surface area contributed by atoms with Crippen LogP contribution in [0.5, 0.6) is 0 Å². The Hall–Kier alpha value is -1.73. The van der Waals surface area contributed by atoms with E-state index in [9.17, 15) is 19.6 Å². The molecule has 3 rings (SSSR count). The first-order chi connectivity index (χ1) is 11.2. The number of nitrogens with zero attached hydrogens (tertiary/aromatic N) is 4. The van der Waals surface area contributed by atoms with E-state index in [0.29, 0.717) is 0 Å². The lowest BCUT2D eigenvalue weighted by Gasteiger charge is -2.27. The van der Waals surface area contributed by atoms with Crippen LogP contribution in [0.15, 0.2) is 15.0 Å². The number of ether oxygens (including phenoxy) is 1. The fourth-order valence-electron chi connectivity index (χ4n) is 2.48. The molecule has 24 heavy (non-hydrogen) atoms. The van der Waals surface area contributed by atoms with Gasteiger partial charge in [0.05, 0.1) is 12.9 Å². The number of phosphoric ester groups is 1. The van der Waals surface area contributed by atoms with Crippen LogP contribution in [0, 0.1) is 0 Å². The van der Waals surface area contributed by atoms with Gasteiger partial charge in [0, 0.05) is 0 Å². The zero-order valence-corrected chi connectivity index (χ0v) is 12.8. The molecule has 3 heterocycles. The van der Waals surface area contributed by atoms with Crippen LogP contribution in [0.3, 0.4) is 0 Å². The summed E-state index contributed by atoms with van der Waals surface area (Å²) in [7, 11) is -4.76. The molecular formula is C10H14N5O8P. The van der Waals surface area contributed by atoms with Gasteiger partial charge in [0.25, 0.3) is 5.91 Å². The Kier molecular flexibility index (Phi) is 4.25. The summed E-state index contributed by atoms with van der Waals surface area (Å²) in [6.07, 6.45) is -4.19. The van der Waals surface area contributed by atoms with Crippen molar-refractivity contribution in [3.05, 3.63) is 0 Å². The van der Waals surface area contributed by atoms with Crippen molar-refractivity contribution in [2.45, 2.75) is 30.6 Å². The van der Waals surface area contributed by atoms with Crippen molar-refractivity contribution >= 4 is 31.9 Å². The van der Waals surface area contributed by atoms with Gasteiger partial charge in [-0.25, -0.2) is 4.57 Å². The molecule has 0 saturated carbocycles. The van der Waals surface area contributed by atoms with Crippen LogP contribution in [0.1, 0.15) is 0 Å². The van der Waals surface area contributed by atoms with Crippen molar-refractivity contribution in [3.8, 4) is 0 Å². The molecule has 3 aliphatic heterocycles. The van der Waals surface area contributed by atoms with Crippen molar-refractivity contribution in [1.29, 1.82) is 0 Å². The first-order valence-corrected chi connectivity index (χ1v) is 8.20. The van der Waals surface area contributed by atoms with Crippen LogP contribution in [0.4, 0.5) is 0 Å². The van der Waals surface area contributed by atoms with E-state index >= 15 is 0 Å². The third-order valence-corrected chi connectivity index (χ3v) is 4.04. The van der Waals surface area contributed by atoms with E-state index < -0.39 is 50.9 Å². The van der Waals surface area contributed by atoms with Crippen LogP contribution >= 0.6 is 7.82 Å². The van der Waals surface area contributed by atoms with Gasteiger partial charge in [0.2, 0.25) is 5.96 Å². The lowest BCUT2D eigenvalue weighted by atomic mass is 10.1. The molecule has 0 radical (unpaired) electrons. The highest BCUT2D eigenvalue weighted by molar-refractivity contribution is 7.46. The molecule has 0 bridgehead atoms. The number of amidine groups is 1. The number of carbonyl (C=O) groups excluding carboxylic acids is 1. The Morgan fingerprint density at radius 2 is 2.04 bits per heavy atom. The third kappa shape index (κ3) is 3.10. The minimum atomic E-state index is -4.76. The van der Waals surface area contributed by atoms with Crippen LogP contribution in [0.2, 0.25) is 0 Å². The lowest BCUT2D eigenvalue weighted by molar-refractivity contribution is -0.117. The number of aliphatic hydroxyl groups is 2. The van der Waals surface area contributed by atoms with E-state index in [2.05, 4.69) is 19.5 Å².